The minimum absolute atomic E-state index is 0.0739. The zero-order valence-corrected chi connectivity index (χ0v) is 12.3. The molecule has 0 N–H and O–H groups in total. The number of carbonyl (C=O) groups excluding carboxylic acids is 3. The van der Waals surface area contributed by atoms with E-state index in [9.17, 15) is 14.4 Å². The maximum absolute atomic E-state index is 12.3. The second kappa shape index (κ2) is 5.97. The SMILES string of the molecule is C=CC(=O)OC1(C)C(c2ccccc2)CC(=O)N1C(=O)C=C. The van der Waals surface area contributed by atoms with Crippen LogP contribution in [0.5, 0.6) is 0 Å². The van der Waals surface area contributed by atoms with Crippen molar-refractivity contribution in [1.82, 2.24) is 4.90 Å². The van der Waals surface area contributed by atoms with Crippen LogP contribution in [0.25, 0.3) is 0 Å². The average Bonchev–Trinajstić information content (AvgIpc) is 2.78. The van der Waals surface area contributed by atoms with Crippen LogP contribution in [0.2, 0.25) is 0 Å². The molecule has 0 aromatic heterocycles. The second-order valence-electron chi connectivity index (χ2n) is 5.12. The van der Waals surface area contributed by atoms with Gasteiger partial charge in [0.25, 0.3) is 5.91 Å². The van der Waals surface area contributed by atoms with Gasteiger partial charge in [0.05, 0.1) is 5.92 Å². The Hall–Kier alpha value is -2.69. The summed E-state index contributed by atoms with van der Waals surface area (Å²) in [5.41, 5.74) is -0.593. The molecule has 1 aliphatic rings. The highest BCUT2D eigenvalue weighted by Crippen LogP contribution is 2.43. The number of rotatable bonds is 4. The third-order valence-corrected chi connectivity index (χ3v) is 3.79. The van der Waals surface area contributed by atoms with Crippen LogP contribution in [0.3, 0.4) is 0 Å². The number of esters is 1. The second-order valence-corrected chi connectivity index (χ2v) is 5.12. The fraction of sp³-hybridized carbons (Fsp3) is 0.235. The summed E-state index contributed by atoms with van der Waals surface area (Å²) in [6.07, 6.45) is 2.11. The summed E-state index contributed by atoms with van der Waals surface area (Å²) in [7, 11) is 0. The van der Waals surface area contributed by atoms with Gasteiger partial charge in [0.2, 0.25) is 5.91 Å². The maximum atomic E-state index is 12.3. The van der Waals surface area contributed by atoms with Gasteiger partial charge in [-0.15, -0.1) is 0 Å². The van der Waals surface area contributed by atoms with Gasteiger partial charge in [0.1, 0.15) is 0 Å². The van der Waals surface area contributed by atoms with Crippen molar-refractivity contribution in [3.8, 4) is 0 Å². The normalized spacial score (nSPS) is 24.0. The average molecular weight is 299 g/mol. The minimum Gasteiger partial charge on any atom is -0.435 e. The van der Waals surface area contributed by atoms with Crippen LogP contribution in [0.4, 0.5) is 0 Å². The molecule has 0 saturated carbocycles. The first-order chi connectivity index (χ1) is 10.4. The lowest BCUT2D eigenvalue weighted by atomic mass is 9.89. The molecular formula is C17H17NO4. The van der Waals surface area contributed by atoms with Crippen LogP contribution in [-0.2, 0) is 19.1 Å². The van der Waals surface area contributed by atoms with Gasteiger partial charge in [-0.3, -0.25) is 9.59 Å². The highest BCUT2D eigenvalue weighted by Gasteiger charge is 2.55. The molecule has 1 saturated heterocycles. The lowest BCUT2D eigenvalue weighted by molar-refractivity contribution is -0.178. The summed E-state index contributed by atoms with van der Waals surface area (Å²) in [6.45, 7) is 8.31. The van der Waals surface area contributed by atoms with Gasteiger partial charge in [-0.05, 0) is 18.6 Å². The molecular weight excluding hydrogens is 282 g/mol. The molecule has 1 heterocycles. The molecule has 2 amide bonds. The molecule has 0 radical (unpaired) electrons. The van der Waals surface area contributed by atoms with Crippen molar-refractivity contribution >= 4 is 17.8 Å². The van der Waals surface area contributed by atoms with Crippen LogP contribution < -0.4 is 0 Å². The number of ether oxygens (including phenoxy) is 1. The standard InChI is InChI=1S/C17H17NO4/c1-4-14(19)18-15(20)11-13(12-9-7-6-8-10-12)17(18,3)22-16(21)5-2/h4-10,13H,1-2,11H2,3H3. The molecule has 0 aliphatic carbocycles. The van der Waals surface area contributed by atoms with E-state index in [1.807, 2.05) is 30.3 Å². The summed E-state index contributed by atoms with van der Waals surface area (Å²) in [4.78, 5) is 37.0. The zero-order chi connectivity index (χ0) is 16.3. The number of carbonyl (C=O) groups is 3. The van der Waals surface area contributed by atoms with Crippen LogP contribution in [0, 0.1) is 0 Å². The minimum atomic E-state index is -1.41. The molecule has 0 bridgehead atoms. The van der Waals surface area contributed by atoms with E-state index in [0.29, 0.717) is 0 Å². The fourth-order valence-electron chi connectivity index (χ4n) is 2.77. The van der Waals surface area contributed by atoms with Crippen molar-refractivity contribution in [2.24, 2.45) is 0 Å². The van der Waals surface area contributed by atoms with Crippen molar-refractivity contribution in [2.45, 2.75) is 25.0 Å². The summed E-state index contributed by atoms with van der Waals surface area (Å²) >= 11 is 0. The van der Waals surface area contributed by atoms with Gasteiger partial charge in [-0.1, -0.05) is 43.5 Å². The third-order valence-electron chi connectivity index (χ3n) is 3.79. The summed E-state index contributed by atoms with van der Waals surface area (Å²) in [5.74, 6) is -2.14. The van der Waals surface area contributed by atoms with Crippen molar-refractivity contribution in [3.63, 3.8) is 0 Å². The van der Waals surface area contributed by atoms with Crippen LogP contribution in [0.1, 0.15) is 24.8 Å². The largest absolute Gasteiger partial charge is 0.435 e. The topological polar surface area (TPSA) is 63.7 Å². The zero-order valence-electron chi connectivity index (χ0n) is 12.3. The van der Waals surface area contributed by atoms with E-state index in [1.165, 1.54) is 0 Å². The Labute approximate surface area is 128 Å². The van der Waals surface area contributed by atoms with Gasteiger partial charge in [-0.25, -0.2) is 9.69 Å². The first-order valence-corrected chi connectivity index (χ1v) is 6.84. The van der Waals surface area contributed by atoms with Gasteiger partial charge in [0.15, 0.2) is 5.72 Å². The number of imide groups is 1. The predicted molar refractivity (Wildman–Crippen MR) is 80.5 cm³/mol. The highest BCUT2D eigenvalue weighted by molar-refractivity contribution is 6.03. The Bertz CT molecular complexity index is 637. The van der Waals surface area contributed by atoms with Crippen molar-refractivity contribution < 1.29 is 19.1 Å². The van der Waals surface area contributed by atoms with E-state index in [2.05, 4.69) is 13.2 Å². The fourth-order valence-corrected chi connectivity index (χ4v) is 2.77. The van der Waals surface area contributed by atoms with Crippen LogP contribution in [0.15, 0.2) is 55.6 Å². The highest BCUT2D eigenvalue weighted by atomic mass is 16.6. The quantitative estimate of drug-likeness (QED) is 0.631. The predicted octanol–water partition coefficient (Wildman–Crippen LogP) is 2.16. The number of nitrogens with zero attached hydrogens (tertiary/aromatic N) is 1. The molecule has 5 heteroatoms. The molecule has 2 unspecified atom stereocenters. The Balaban J connectivity index is 2.51. The maximum Gasteiger partial charge on any atom is 0.332 e. The van der Waals surface area contributed by atoms with E-state index in [0.717, 1.165) is 22.6 Å². The smallest absolute Gasteiger partial charge is 0.332 e. The lowest BCUT2D eigenvalue weighted by Crippen LogP contribution is -2.51. The molecule has 1 aliphatic heterocycles. The Kier molecular flexibility index (Phi) is 4.26. The Morgan fingerprint density at radius 1 is 1.27 bits per heavy atom. The third kappa shape index (κ3) is 2.57. The monoisotopic (exact) mass is 299 g/mol. The van der Waals surface area contributed by atoms with Crippen molar-refractivity contribution in [2.75, 3.05) is 0 Å². The Morgan fingerprint density at radius 3 is 2.45 bits per heavy atom. The molecule has 22 heavy (non-hydrogen) atoms. The molecule has 1 aromatic carbocycles. The van der Waals surface area contributed by atoms with Gasteiger partial charge < -0.3 is 4.74 Å². The first kappa shape index (κ1) is 15.7. The lowest BCUT2D eigenvalue weighted by Gasteiger charge is -2.36. The number of hydrogen-bond acceptors (Lipinski definition) is 4. The molecule has 5 nitrogen and oxygen atoms in total. The Morgan fingerprint density at radius 2 is 1.91 bits per heavy atom. The van der Waals surface area contributed by atoms with E-state index < -0.39 is 29.4 Å². The van der Waals surface area contributed by atoms with E-state index in [-0.39, 0.29) is 6.42 Å². The van der Waals surface area contributed by atoms with Gasteiger partial charge in [0, 0.05) is 12.5 Å². The molecule has 2 atom stereocenters. The number of likely N-dealkylation sites (tertiary alicyclic amines) is 1. The van der Waals surface area contributed by atoms with E-state index in [1.54, 1.807) is 6.92 Å². The van der Waals surface area contributed by atoms with E-state index >= 15 is 0 Å². The molecule has 0 spiro atoms. The van der Waals surface area contributed by atoms with Crippen molar-refractivity contribution in [1.29, 1.82) is 0 Å². The first-order valence-electron chi connectivity index (χ1n) is 6.84. The van der Waals surface area contributed by atoms with E-state index in [4.69, 9.17) is 4.74 Å². The van der Waals surface area contributed by atoms with Crippen LogP contribution in [-0.4, -0.2) is 28.4 Å². The molecule has 1 aromatic rings. The summed E-state index contributed by atoms with van der Waals surface area (Å²) in [5, 5.41) is 0. The molecule has 114 valence electrons. The number of benzene rings is 1. The molecule has 2 rings (SSSR count). The summed E-state index contributed by atoms with van der Waals surface area (Å²) < 4.78 is 5.40. The van der Waals surface area contributed by atoms with Crippen LogP contribution >= 0.6 is 0 Å². The molecule has 1 fully saturated rings. The number of hydrogen-bond donors (Lipinski definition) is 0. The van der Waals surface area contributed by atoms with Crippen molar-refractivity contribution in [3.05, 3.63) is 61.2 Å². The number of amides is 2. The van der Waals surface area contributed by atoms with Gasteiger partial charge >= 0.3 is 5.97 Å². The summed E-state index contributed by atoms with van der Waals surface area (Å²) in [6, 6.07) is 9.17. The van der Waals surface area contributed by atoms with Gasteiger partial charge in [-0.2, -0.15) is 0 Å².